The van der Waals surface area contributed by atoms with Crippen molar-refractivity contribution >= 4 is 45.9 Å². The van der Waals surface area contributed by atoms with E-state index in [4.69, 9.17) is 0 Å². The van der Waals surface area contributed by atoms with Crippen molar-refractivity contribution in [3.63, 3.8) is 0 Å². The minimum Gasteiger partial charge on any atom is -0.481 e. The number of nitrogens with zero attached hydrogens (tertiary/aromatic N) is 4. The van der Waals surface area contributed by atoms with Crippen LogP contribution < -0.4 is 0 Å². The van der Waals surface area contributed by atoms with Crippen molar-refractivity contribution in [2.45, 2.75) is 12.8 Å². The predicted octanol–water partition coefficient (Wildman–Crippen LogP) is 5.37. The van der Waals surface area contributed by atoms with Crippen LogP contribution >= 0.6 is 34.0 Å². The summed E-state index contributed by atoms with van der Waals surface area (Å²) in [6, 6.07) is 7.66. The molecular formula is C24H16N4O4S3. The van der Waals surface area contributed by atoms with Crippen LogP contribution in [0.4, 0.5) is 0 Å². The first-order valence-corrected chi connectivity index (χ1v) is 12.7. The summed E-state index contributed by atoms with van der Waals surface area (Å²) in [5.41, 5.74) is 3.08. The van der Waals surface area contributed by atoms with E-state index in [0.29, 0.717) is 11.1 Å². The van der Waals surface area contributed by atoms with E-state index in [9.17, 15) is 19.8 Å². The van der Waals surface area contributed by atoms with Crippen molar-refractivity contribution in [1.82, 2.24) is 19.9 Å². The van der Waals surface area contributed by atoms with E-state index in [1.807, 2.05) is 24.3 Å². The summed E-state index contributed by atoms with van der Waals surface area (Å²) in [6.07, 6.45) is 9.50. The maximum absolute atomic E-state index is 11.5. The van der Waals surface area contributed by atoms with Crippen molar-refractivity contribution in [2.24, 2.45) is 0 Å². The van der Waals surface area contributed by atoms with Gasteiger partial charge in [-0.05, 0) is 35.4 Å². The van der Waals surface area contributed by atoms with E-state index >= 15 is 0 Å². The fourth-order valence-electron chi connectivity index (χ4n) is 3.58. The molecule has 0 radical (unpaired) electrons. The molecule has 11 heteroatoms. The largest absolute Gasteiger partial charge is 0.481 e. The quantitative estimate of drug-likeness (QED) is 0.279. The van der Waals surface area contributed by atoms with Gasteiger partial charge in [0.2, 0.25) is 0 Å². The lowest BCUT2D eigenvalue weighted by Crippen LogP contribution is -1.99. The Kier molecular flexibility index (Phi) is 6.45. The van der Waals surface area contributed by atoms with Gasteiger partial charge in [0.1, 0.15) is 12.7 Å². The number of aromatic nitrogens is 4. The number of rotatable bonds is 8. The molecule has 5 aromatic heterocycles. The van der Waals surface area contributed by atoms with Gasteiger partial charge in [-0.1, -0.05) is 0 Å². The van der Waals surface area contributed by atoms with Crippen LogP contribution in [-0.4, -0.2) is 42.1 Å². The summed E-state index contributed by atoms with van der Waals surface area (Å²) in [5.74, 6) is -1.82. The molecule has 0 unspecified atom stereocenters. The van der Waals surface area contributed by atoms with Gasteiger partial charge in [0, 0.05) is 65.2 Å². The van der Waals surface area contributed by atoms with Gasteiger partial charge in [-0.15, -0.1) is 34.0 Å². The van der Waals surface area contributed by atoms with E-state index in [-0.39, 0.29) is 12.8 Å². The second-order valence-electron chi connectivity index (χ2n) is 7.49. The van der Waals surface area contributed by atoms with Crippen LogP contribution in [0.3, 0.4) is 0 Å². The molecule has 0 bridgehead atoms. The second-order valence-corrected chi connectivity index (χ2v) is 10.7. The van der Waals surface area contributed by atoms with Crippen molar-refractivity contribution in [3.8, 4) is 40.4 Å². The Morgan fingerprint density at radius 1 is 0.629 bits per heavy atom. The minimum absolute atomic E-state index is 0.103. The van der Waals surface area contributed by atoms with Crippen LogP contribution in [0.15, 0.2) is 61.7 Å². The zero-order chi connectivity index (χ0) is 24.4. The highest BCUT2D eigenvalue weighted by atomic mass is 32.1. The molecule has 174 valence electrons. The van der Waals surface area contributed by atoms with Gasteiger partial charge in [0.25, 0.3) is 0 Å². The molecule has 0 aliphatic carbocycles. The number of hydrogen-bond acceptors (Lipinski definition) is 9. The topological polar surface area (TPSA) is 126 Å². The molecule has 8 nitrogen and oxygen atoms in total. The summed E-state index contributed by atoms with van der Waals surface area (Å²) in [6.45, 7) is 0. The van der Waals surface area contributed by atoms with Crippen LogP contribution in [0, 0.1) is 0 Å². The molecule has 5 heterocycles. The van der Waals surface area contributed by atoms with Gasteiger partial charge in [0.05, 0.1) is 12.8 Å². The molecule has 0 spiro atoms. The standard InChI is InChI=1S/C24H16N4O4S3/c29-21(30)5-13-3-19(15-7-25-11-26-8-15)34-23(13)17-1-2-18(33-17)24-14(6-22(31)32)4-20(35-24)16-9-27-12-28-10-16/h1-4,7-12H,5-6H2,(H,29,30)(H,31,32). The minimum atomic E-state index is -0.909. The Morgan fingerprint density at radius 3 is 1.40 bits per heavy atom. The third-order valence-electron chi connectivity index (χ3n) is 5.05. The van der Waals surface area contributed by atoms with Crippen LogP contribution in [0.1, 0.15) is 11.1 Å². The smallest absolute Gasteiger partial charge is 0.307 e. The van der Waals surface area contributed by atoms with Gasteiger partial charge in [-0.2, -0.15) is 0 Å². The number of hydrogen-bond donors (Lipinski definition) is 2. The Labute approximate surface area is 211 Å². The Hall–Kier alpha value is -3.80. The molecule has 0 aliphatic rings. The highest BCUT2D eigenvalue weighted by molar-refractivity contribution is 7.28. The van der Waals surface area contributed by atoms with E-state index in [0.717, 1.165) is 40.4 Å². The Balaban J connectivity index is 1.56. The van der Waals surface area contributed by atoms with Crippen molar-refractivity contribution < 1.29 is 19.8 Å². The average Bonchev–Trinajstić information content (AvgIpc) is 3.58. The third-order valence-corrected chi connectivity index (χ3v) is 8.94. The number of aliphatic carboxylic acids is 2. The summed E-state index contributed by atoms with van der Waals surface area (Å²) in [7, 11) is 0. The average molecular weight is 521 g/mol. The summed E-state index contributed by atoms with van der Waals surface area (Å²) >= 11 is 4.50. The number of carboxylic acids is 2. The third kappa shape index (κ3) is 5.02. The molecule has 0 saturated carbocycles. The molecule has 2 N–H and O–H groups in total. The monoisotopic (exact) mass is 520 g/mol. The number of thiophene rings is 3. The van der Waals surface area contributed by atoms with Crippen LogP contribution in [0.2, 0.25) is 0 Å². The first-order valence-electron chi connectivity index (χ1n) is 10.3. The van der Waals surface area contributed by atoms with Crippen molar-refractivity contribution in [1.29, 1.82) is 0 Å². The SMILES string of the molecule is O=C(O)Cc1cc(-c2cncnc2)sc1-c1ccc(-c2sc(-c3cncnc3)cc2CC(=O)O)s1. The lowest BCUT2D eigenvalue weighted by atomic mass is 10.1. The Bertz CT molecular complexity index is 1400. The molecule has 0 fully saturated rings. The van der Waals surface area contributed by atoms with Gasteiger partial charge in [-0.25, -0.2) is 19.9 Å². The molecule has 0 amide bonds. The van der Waals surface area contributed by atoms with Gasteiger partial charge in [-0.3, -0.25) is 9.59 Å². The fourth-order valence-corrected chi connectivity index (χ4v) is 7.19. The maximum atomic E-state index is 11.5. The molecule has 0 aromatic carbocycles. The zero-order valence-corrected chi connectivity index (χ0v) is 20.4. The van der Waals surface area contributed by atoms with Gasteiger partial charge in [0.15, 0.2) is 0 Å². The predicted molar refractivity (Wildman–Crippen MR) is 136 cm³/mol. The molecule has 35 heavy (non-hydrogen) atoms. The van der Waals surface area contributed by atoms with Gasteiger partial charge < -0.3 is 10.2 Å². The molecular weight excluding hydrogens is 504 g/mol. The van der Waals surface area contributed by atoms with E-state index < -0.39 is 11.9 Å². The van der Waals surface area contributed by atoms with E-state index in [1.165, 1.54) is 46.7 Å². The summed E-state index contributed by atoms with van der Waals surface area (Å²) in [5, 5.41) is 18.9. The lowest BCUT2D eigenvalue weighted by Gasteiger charge is -1.99. The first kappa shape index (κ1) is 23.0. The van der Waals surface area contributed by atoms with E-state index in [1.54, 1.807) is 24.8 Å². The van der Waals surface area contributed by atoms with E-state index in [2.05, 4.69) is 19.9 Å². The molecule has 0 atom stereocenters. The molecule has 0 saturated heterocycles. The Morgan fingerprint density at radius 2 is 1.03 bits per heavy atom. The van der Waals surface area contributed by atoms with Gasteiger partial charge >= 0.3 is 11.9 Å². The molecule has 5 rings (SSSR count). The van der Waals surface area contributed by atoms with Crippen molar-refractivity contribution in [2.75, 3.05) is 0 Å². The molecule has 0 aliphatic heterocycles. The van der Waals surface area contributed by atoms with Crippen LogP contribution in [0.25, 0.3) is 40.4 Å². The normalized spacial score (nSPS) is 11.0. The summed E-state index contributed by atoms with van der Waals surface area (Å²) < 4.78 is 0. The van der Waals surface area contributed by atoms with Crippen LogP contribution in [0.5, 0.6) is 0 Å². The maximum Gasteiger partial charge on any atom is 0.307 e. The fraction of sp³-hybridized carbons (Fsp3) is 0.0833. The summed E-state index contributed by atoms with van der Waals surface area (Å²) in [4.78, 5) is 44.7. The highest BCUT2D eigenvalue weighted by Crippen LogP contribution is 2.46. The lowest BCUT2D eigenvalue weighted by molar-refractivity contribution is -0.137. The molecule has 5 aromatic rings. The number of carbonyl (C=O) groups is 2. The zero-order valence-electron chi connectivity index (χ0n) is 17.9. The van der Waals surface area contributed by atoms with Crippen molar-refractivity contribution in [3.05, 3.63) is 72.8 Å². The van der Waals surface area contributed by atoms with Crippen LogP contribution in [-0.2, 0) is 22.4 Å². The first-order chi connectivity index (χ1) is 17.0. The highest BCUT2D eigenvalue weighted by Gasteiger charge is 2.20. The number of carboxylic acid groups (broad SMARTS) is 2. The second kappa shape index (κ2) is 9.82.